The minimum absolute atomic E-state index is 0.319. The number of hydrogen-bond donors (Lipinski definition) is 1. The van der Waals surface area contributed by atoms with Gasteiger partial charge in [0.15, 0.2) is 0 Å². The zero-order valence-corrected chi connectivity index (χ0v) is 12.4. The van der Waals surface area contributed by atoms with E-state index in [1.807, 2.05) is 20.8 Å². The summed E-state index contributed by atoms with van der Waals surface area (Å²) in [5.74, 6) is 0.596. The molecule has 0 bridgehead atoms. The summed E-state index contributed by atoms with van der Waals surface area (Å²) in [5, 5.41) is 2.79. The van der Waals surface area contributed by atoms with E-state index < -0.39 is 5.60 Å². The van der Waals surface area contributed by atoms with Crippen LogP contribution in [0.25, 0.3) is 0 Å². The summed E-state index contributed by atoms with van der Waals surface area (Å²) in [6, 6.07) is 0. The van der Waals surface area contributed by atoms with Crippen molar-refractivity contribution in [1.82, 2.24) is 5.32 Å². The molecule has 0 aromatic carbocycles. The SMILES string of the molecule is C=COC1CCCC1CCCNC(=O)OC(C)(C)C. The third-order valence-electron chi connectivity index (χ3n) is 3.28. The Morgan fingerprint density at radius 3 is 2.79 bits per heavy atom. The maximum Gasteiger partial charge on any atom is 0.407 e. The van der Waals surface area contributed by atoms with E-state index in [1.165, 1.54) is 12.8 Å². The van der Waals surface area contributed by atoms with Gasteiger partial charge in [-0.15, -0.1) is 0 Å². The molecule has 19 heavy (non-hydrogen) atoms. The second-order valence-corrected chi connectivity index (χ2v) is 6.10. The highest BCUT2D eigenvalue weighted by atomic mass is 16.6. The Bertz CT molecular complexity index is 296. The first kappa shape index (κ1) is 15.9. The van der Waals surface area contributed by atoms with Gasteiger partial charge in [0.05, 0.1) is 6.26 Å². The first-order valence-electron chi connectivity index (χ1n) is 7.15. The Hall–Kier alpha value is -1.19. The zero-order valence-electron chi connectivity index (χ0n) is 12.4. The fourth-order valence-electron chi connectivity index (χ4n) is 2.50. The molecule has 1 saturated carbocycles. The van der Waals surface area contributed by atoms with Crippen LogP contribution in [0.2, 0.25) is 0 Å². The Labute approximate surface area is 116 Å². The van der Waals surface area contributed by atoms with E-state index >= 15 is 0 Å². The fraction of sp³-hybridized carbons (Fsp3) is 0.800. The van der Waals surface area contributed by atoms with Gasteiger partial charge < -0.3 is 14.8 Å². The van der Waals surface area contributed by atoms with Crippen molar-refractivity contribution in [1.29, 1.82) is 0 Å². The van der Waals surface area contributed by atoms with Gasteiger partial charge in [-0.2, -0.15) is 0 Å². The summed E-state index contributed by atoms with van der Waals surface area (Å²) in [7, 11) is 0. The Kier molecular flexibility index (Phi) is 6.19. The van der Waals surface area contributed by atoms with Crippen LogP contribution in [0.1, 0.15) is 52.9 Å². The van der Waals surface area contributed by atoms with E-state index in [1.54, 1.807) is 6.26 Å². The highest BCUT2D eigenvalue weighted by Gasteiger charge is 2.27. The van der Waals surface area contributed by atoms with Crippen LogP contribution >= 0.6 is 0 Å². The number of nitrogens with one attached hydrogen (secondary N) is 1. The summed E-state index contributed by atoms with van der Waals surface area (Å²) in [6.45, 7) is 9.87. The number of rotatable bonds is 6. The molecule has 2 atom stereocenters. The second kappa shape index (κ2) is 7.41. The summed E-state index contributed by atoms with van der Waals surface area (Å²) in [4.78, 5) is 11.5. The van der Waals surface area contributed by atoms with Gasteiger partial charge in [-0.25, -0.2) is 4.79 Å². The van der Waals surface area contributed by atoms with E-state index in [4.69, 9.17) is 9.47 Å². The molecule has 0 spiro atoms. The zero-order chi connectivity index (χ0) is 14.3. The standard InChI is InChI=1S/C15H27NO3/c1-5-18-13-10-6-8-12(13)9-7-11-16-14(17)19-15(2,3)4/h5,12-13H,1,6-11H2,2-4H3,(H,16,17). The number of amides is 1. The molecular formula is C15H27NO3. The molecule has 110 valence electrons. The predicted octanol–water partition coefficient (Wildman–Crippen LogP) is 3.62. The molecule has 1 N–H and O–H groups in total. The van der Waals surface area contributed by atoms with Crippen molar-refractivity contribution in [2.24, 2.45) is 5.92 Å². The molecule has 0 aromatic heterocycles. The maximum atomic E-state index is 11.5. The largest absolute Gasteiger partial charge is 0.498 e. The van der Waals surface area contributed by atoms with E-state index in [-0.39, 0.29) is 6.09 Å². The molecule has 1 rings (SSSR count). The van der Waals surface area contributed by atoms with Crippen LogP contribution in [0.5, 0.6) is 0 Å². The Balaban J connectivity index is 2.13. The molecule has 0 saturated heterocycles. The normalized spacial score (nSPS) is 22.9. The average molecular weight is 269 g/mol. The van der Waals surface area contributed by atoms with Gasteiger partial charge >= 0.3 is 6.09 Å². The van der Waals surface area contributed by atoms with Gasteiger partial charge in [0, 0.05) is 6.54 Å². The molecule has 1 fully saturated rings. The minimum atomic E-state index is -0.432. The summed E-state index contributed by atoms with van der Waals surface area (Å²) < 4.78 is 10.7. The molecule has 1 aliphatic carbocycles. The number of ether oxygens (including phenoxy) is 2. The predicted molar refractivity (Wildman–Crippen MR) is 75.9 cm³/mol. The van der Waals surface area contributed by atoms with Gasteiger partial charge in [-0.3, -0.25) is 0 Å². The third kappa shape index (κ3) is 6.50. The highest BCUT2D eigenvalue weighted by Crippen LogP contribution is 2.31. The highest BCUT2D eigenvalue weighted by molar-refractivity contribution is 5.67. The number of carbonyl (C=O) groups is 1. The van der Waals surface area contributed by atoms with Crippen LogP contribution < -0.4 is 5.32 Å². The van der Waals surface area contributed by atoms with Gasteiger partial charge in [0.2, 0.25) is 0 Å². The van der Waals surface area contributed by atoms with E-state index in [9.17, 15) is 4.79 Å². The Morgan fingerprint density at radius 1 is 1.42 bits per heavy atom. The molecular weight excluding hydrogens is 242 g/mol. The summed E-state index contributed by atoms with van der Waals surface area (Å²) in [5.41, 5.74) is -0.432. The minimum Gasteiger partial charge on any atom is -0.498 e. The van der Waals surface area contributed by atoms with E-state index in [2.05, 4.69) is 11.9 Å². The van der Waals surface area contributed by atoms with Crippen molar-refractivity contribution in [3.8, 4) is 0 Å². The lowest BCUT2D eigenvalue weighted by Gasteiger charge is -2.21. The Morgan fingerprint density at radius 2 is 2.16 bits per heavy atom. The second-order valence-electron chi connectivity index (χ2n) is 6.10. The van der Waals surface area contributed by atoms with Crippen molar-refractivity contribution >= 4 is 6.09 Å². The molecule has 0 aliphatic heterocycles. The van der Waals surface area contributed by atoms with Crippen LogP contribution in [0.3, 0.4) is 0 Å². The molecule has 2 unspecified atom stereocenters. The molecule has 4 heteroatoms. The van der Waals surface area contributed by atoms with Gasteiger partial charge in [0.25, 0.3) is 0 Å². The summed E-state index contributed by atoms with van der Waals surface area (Å²) >= 11 is 0. The first-order chi connectivity index (χ1) is 8.92. The van der Waals surface area contributed by atoms with Crippen molar-refractivity contribution < 1.29 is 14.3 Å². The number of alkyl carbamates (subject to hydrolysis) is 1. The topological polar surface area (TPSA) is 47.6 Å². The molecule has 4 nitrogen and oxygen atoms in total. The lowest BCUT2D eigenvalue weighted by molar-refractivity contribution is 0.0524. The van der Waals surface area contributed by atoms with Gasteiger partial charge in [-0.1, -0.05) is 6.58 Å². The van der Waals surface area contributed by atoms with Crippen LogP contribution in [-0.2, 0) is 9.47 Å². The average Bonchev–Trinajstić information content (AvgIpc) is 2.70. The molecule has 0 aromatic rings. The first-order valence-corrected chi connectivity index (χ1v) is 7.15. The third-order valence-corrected chi connectivity index (χ3v) is 3.28. The van der Waals surface area contributed by atoms with E-state index in [0.29, 0.717) is 18.6 Å². The number of carbonyl (C=O) groups excluding carboxylic acids is 1. The van der Waals surface area contributed by atoms with Crippen LogP contribution in [0, 0.1) is 5.92 Å². The smallest absolute Gasteiger partial charge is 0.407 e. The fourth-order valence-corrected chi connectivity index (χ4v) is 2.50. The van der Waals surface area contributed by atoms with E-state index in [0.717, 1.165) is 19.3 Å². The lowest BCUT2D eigenvalue weighted by atomic mass is 9.99. The van der Waals surface area contributed by atoms with Gasteiger partial charge in [-0.05, 0) is 58.8 Å². The quantitative estimate of drug-likeness (QED) is 0.592. The molecule has 0 heterocycles. The maximum absolute atomic E-state index is 11.5. The monoisotopic (exact) mass is 269 g/mol. The van der Waals surface area contributed by atoms with Crippen LogP contribution in [0.15, 0.2) is 12.8 Å². The van der Waals surface area contributed by atoms with Crippen LogP contribution in [0.4, 0.5) is 4.79 Å². The van der Waals surface area contributed by atoms with Crippen molar-refractivity contribution in [3.05, 3.63) is 12.8 Å². The van der Waals surface area contributed by atoms with Crippen molar-refractivity contribution in [3.63, 3.8) is 0 Å². The molecule has 0 radical (unpaired) electrons. The summed E-state index contributed by atoms with van der Waals surface area (Å²) in [6.07, 6.45) is 7.12. The van der Waals surface area contributed by atoms with Gasteiger partial charge in [0.1, 0.15) is 11.7 Å². The molecule has 1 aliphatic rings. The molecule has 1 amide bonds. The number of hydrogen-bond acceptors (Lipinski definition) is 3. The van der Waals surface area contributed by atoms with Crippen molar-refractivity contribution in [2.45, 2.75) is 64.6 Å². The van der Waals surface area contributed by atoms with Crippen molar-refractivity contribution in [2.75, 3.05) is 6.54 Å². The van der Waals surface area contributed by atoms with Crippen LogP contribution in [-0.4, -0.2) is 24.3 Å². The lowest BCUT2D eigenvalue weighted by Crippen LogP contribution is -2.33.